The number of amides is 1. The van der Waals surface area contributed by atoms with Crippen LogP contribution < -0.4 is 10.5 Å². The second kappa shape index (κ2) is 3.55. The highest BCUT2D eigenvalue weighted by Gasteiger charge is 2.42. The number of nitrogens with zero attached hydrogens (tertiary/aromatic N) is 1. The van der Waals surface area contributed by atoms with Crippen LogP contribution in [0.4, 0.5) is 0 Å². The lowest BCUT2D eigenvalue weighted by atomic mass is 9.90. The summed E-state index contributed by atoms with van der Waals surface area (Å²) >= 11 is 0. The number of carbonyl (C=O) groups excluding carboxylic acids is 1. The maximum absolute atomic E-state index is 11.2. The van der Waals surface area contributed by atoms with E-state index in [2.05, 4.69) is 0 Å². The fourth-order valence-corrected chi connectivity index (χ4v) is 1.90. The maximum atomic E-state index is 11.2. The summed E-state index contributed by atoms with van der Waals surface area (Å²) in [7, 11) is 3.39. The third-order valence-corrected chi connectivity index (χ3v) is 2.85. The highest BCUT2D eigenvalue weighted by molar-refractivity contribution is 5.89. The third kappa shape index (κ3) is 1.47. The largest absolute Gasteiger partial charge is 0.497 e. The Morgan fingerprint density at radius 1 is 1.33 bits per heavy atom. The molecular formula is C11H14N2O2. The maximum Gasteiger partial charge on any atom is 0.242 e. The highest BCUT2D eigenvalue weighted by atomic mass is 16.5. The van der Waals surface area contributed by atoms with Crippen LogP contribution in [0.15, 0.2) is 24.3 Å². The van der Waals surface area contributed by atoms with Crippen LogP contribution in [-0.2, 0) is 4.79 Å². The fourth-order valence-electron chi connectivity index (χ4n) is 1.90. The standard InChI is InChI=1S/C11H14N2O2/c1-13-10(9(12)11(13)14)7-3-5-8(15-2)6-4-7/h3-6,9-10H,12H2,1-2H3/t9-,10+/m1/s1. The third-order valence-electron chi connectivity index (χ3n) is 2.85. The van der Waals surface area contributed by atoms with Gasteiger partial charge in [-0.2, -0.15) is 0 Å². The molecule has 4 nitrogen and oxygen atoms in total. The zero-order chi connectivity index (χ0) is 11.0. The fraction of sp³-hybridized carbons (Fsp3) is 0.364. The SMILES string of the molecule is COc1ccc([C@H]2[C@@H](N)C(=O)N2C)cc1. The van der Waals surface area contributed by atoms with E-state index in [0.29, 0.717) is 0 Å². The van der Waals surface area contributed by atoms with Crippen LogP contribution in [0.1, 0.15) is 11.6 Å². The number of ether oxygens (including phenoxy) is 1. The molecule has 0 radical (unpaired) electrons. The molecule has 4 heteroatoms. The Morgan fingerprint density at radius 2 is 1.93 bits per heavy atom. The minimum Gasteiger partial charge on any atom is -0.497 e. The molecule has 15 heavy (non-hydrogen) atoms. The first-order valence-corrected chi connectivity index (χ1v) is 4.81. The quantitative estimate of drug-likeness (QED) is 0.718. The highest BCUT2D eigenvalue weighted by Crippen LogP contribution is 2.32. The lowest BCUT2D eigenvalue weighted by molar-refractivity contribution is -0.146. The number of likely N-dealkylation sites (tertiary alicyclic amines) is 1. The van der Waals surface area contributed by atoms with Gasteiger partial charge in [0, 0.05) is 7.05 Å². The number of hydrogen-bond acceptors (Lipinski definition) is 3. The van der Waals surface area contributed by atoms with Crippen molar-refractivity contribution in [3.8, 4) is 5.75 Å². The van der Waals surface area contributed by atoms with Crippen LogP contribution in [0.3, 0.4) is 0 Å². The molecule has 0 spiro atoms. The van der Waals surface area contributed by atoms with Crippen molar-refractivity contribution < 1.29 is 9.53 Å². The van der Waals surface area contributed by atoms with Gasteiger partial charge >= 0.3 is 0 Å². The molecule has 0 unspecified atom stereocenters. The van der Waals surface area contributed by atoms with Crippen molar-refractivity contribution in [3.05, 3.63) is 29.8 Å². The molecule has 0 aliphatic carbocycles. The van der Waals surface area contributed by atoms with Crippen molar-refractivity contribution in [1.29, 1.82) is 0 Å². The summed E-state index contributed by atoms with van der Waals surface area (Å²) in [4.78, 5) is 12.9. The molecular weight excluding hydrogens is 192 g/mol. The Morgan fingerprint density at radius 3 is 2.40 bits per heavy atom. The van der Waals surface area contributed by atoms with Gasteiger partial charge < -0.3 is 15.4 Å². The molecule has 2 rings (SSSR count). The molecule has 1 aromatic carbocycles. The van der Waals surface area contributed by atoms with Gasteiger partial charge in [-0.25, -0.2) is 0 Å². The monoisotopic (exact) mass is 206 g/mol. The lowest BCUT2D eigenvalue weighted by Gasteiger charge is -2.43. The van der Waals surface area contributed by atoms with Gasteiger partial charge in [-0.3, -0.25) is 4.79 Å². The van der Waals surface area contributed by atoms with E-state index in [0.717, 1.165) is 11.3 Å². The molecule has 80 valence electrons. The molecule has 0 bridgehead atoms. The number of rotatable bonds is 2. The molecule has 1 saturated heterocycles. The Balaban J connectivity index is 2.20. The number of methoxy groups -OCH3 is 1. The van der Waals surface area contributed by atoms with Crippen LogP contribution >= 0.6 is 0 Å². The molecule has 2 atom stereocenters. The predicted octanol–water partition coefficient (Wildman–Crippen LogP) is 0.536. The van der Waals surface area contributed by atoms with E-state index in [9.17, 15) is 4.79 Å². The van der Waals surface area contributed by atoms with Crippen molar-refractivity contribution in [2.45, 2.75) is 12.1 Å². The number of nitrogens with two attached hydrogens (primary N) is 1. The molecule has 1 fully saturated rings. The van der Waals surface area contributed by atoms with Crippen molar-refractivity contribution in [3.63, 3.8) is 0 Å². The minimum atomic E-state index is -0.400. The summed E-state index contributed by atoms with van der Waals surface area (Å²) in [6, 6.07) is 7.22. The lowest BCUT2D eigenvalue weighted by Crippen LogP contribution is -2.61. The second-order valence-corrected chi connectivity index (χ2v) is 3.69. The van der Waals surface area contributed by atoms with E-state index in [4.69, 9.17) is 10.5 Å². The Hall–Kier alpha value is -1.55. The van der Waals surface area contributed by atoms with Crippen molar-refractivity contribution in [2.75, 3.05) is 14.2 Å². The van der Waals surface area contributed by atoms with E-state index in [1.807, 2.05) is 24.3 Å². The zero-order valence-electron chi connectivity index (χ0n) is 8.81. The summed E-state index contributed by atoms with van der Waals surface area (Å²) in [5.41, 5.74) is 6.78. The Kier molecular flexibility index (Phi) is 2.36. The van der Waals surface area contributed by atoms with Gasteiger partial charge in [0.1, 0.15) is 11.8 Å². The number of benzene rings is 1. The number of carbonyl (C=O) groups is 1. The smallest absolute Gasteiger partial charge is 0.242 e. The first-order chi connectivity index (χ1) is 7.15. The molecule has 0 aromatic heterocycles. The van der Waals surface area contributed by atoms with Crippen molar-refractivity contribution >= 4 is 5.91 Å². The van der Waals surface area contributed by atoms with Gasteiger partial charge in [0.25, 0.3) is 0 Å². The summed E-state index contributed by atoms with van der Waals surface area (Å²) in [6.07, 6.45) is 0. The molecule has 2 N–H and O–H groups in total. The van der Waals surface area contributed by atoms with Crippen LogP contribution in [-0.4, -0.2) is 31.0 Å². The van der Waals surface area contributed by atoms with Crippen molar-refractivity contribution in [2.24, 2.45) is 5.73 Å². The van der Waals surface area contributed by atoms with Crippen LogP contribution in [0.2, 0.25) is 0 Å². The minimum absolute atomic E-state index is 0.00315. The van der Waals surface area contributed by atoms with Crippen LogP contribution in [0.5, 0.6) is 5.75 Å². The van der Waals surface area contributed by atoms with Gasteiger partial charge in [0.2, 0.25) is 5.91 Å². The van der Waals surface area contributed by atoms with E-state index in [1.165, 1.54) is 0 Å². The van der Waals surface area contributed by atoms with E-state index < -0.39 is 6.04 Å². The number of β-lactam (4-membered cyclic amide) rings is 1. The predicted molar refractivity (Wildman–Crippen MR) is 56.5 cm³/mol. The molecule has 0 saturated carbocycles. The molecule has 1 aromatic rings. The first-order valence-electron chi connectivity index (χ1n) is 4.81. The number of hydrogen-bond donors (Lipinski definition) is 1. The number of likely N-dealkylation sites (N-methyl/N-ethyl adjacent to an activating group) is 1. The first kappa shape index (κ1) is 9.98. The van der Waals surface area contributed by atoms with Gasteiger partial charge in [-0.15, -0.1) is 0 Å². The van der Waals surface area contributed by atoms with E-state index in [-0.39, 0.29) is 11.9 Å². The van der Waals surface area contributed by atoms with Gasteiger partial charge in [-0.1, -0.05) is 12.1 Å². The summed E-state index contributed by atoms with van der Waals surface area (Å²) in [6.45, 7) is 0. The van der Waals surface area contributed by atoms with E-state index in [1.54, 1.807) is 19.1 Å². The molecule has 1 heterocycles. The van der Waals surface area contributed by atoms with E-state index >= 15 is 0 Å². The second-order valence-electron chi connectivity index (χ2n) is 3.69. The topological polar surface area (TPSA) is 55.6 Å². The van der Waals surface area contributed by atoms with Crippen LogP contribution in [0, 0.1) is 0 Å². The van der Waals surface area contributed by atoms with Gasteiger partial charge in [0.05, 0.1) is 13.2 Å². The Bertz CT molecular complexity index is 363. The molecule has 1 amide bonds. The molecule has 1 aliphatic rings. The van der Waals surface area contributed by atoms with Crippen LogP contribution in [0.25, 0.3) is 0 Å². The summed E-state index contributed by atoms with van der Waals surface area (Å²) in [5, 5.41) is 0. The zero-order valence-corrected chi connectivity index (χ0v) is 8.81. The Labute approximate surface area is 88.6 Å². The summed E-state index contributed by atoms with van der Waals surface area (Å²) in [5.74, 6) is 0.802. The average Bonchev–Trinajstić information content (AvgIpc) is 2.30. The normalized spacial score (nSPS) is 25.0. The van der Waals surface area contributed by atoms with Crippen molar-refractivity contribution in [1.82, 2.24) is 4.90 Å². The average molecular weight is 206 g/mol. The summed E-state index contributed by atoms with van der Waals surface area (Å²) < 4.78 is 5.06. The van der Waals surface area contributed by atoms with Gasteiger partial charge in [-0.05, 0) is 17.7 Å². The van der Waals surface area contributed by atoms with Gasteiger partial charge in [0.15, 0.2) is 0 Å². The molecule has 1 aliphatic heterocycles.